The maximum atomic E-state index is 11.6. The monoisotopic (exact) mass is 337 g/mol. The van der Waals surface area contributed by atoms with Gasteiger partial charge in [-0.25, -0.2) is 22.7 Å². The highest BCUT2D eigenvalue weighted by molar-refractivity contribution is 9.10. The Morgan fingerprint density at radius 2 is 1.94 bits per heavy atom. The van der Waals surface area contributed by atoms with Gasteiger partial charge < -0.3 is 10.6 Å². The molecule has 1 heterocycles. The Morgan fingerprint density at radius 1 is 1.33 bits per heavy atom. The first kappa shape index (κ1) is 15.1. The highest BCUT2D eigenvalue weighted by Crippen LogP contribution is 2.25. The van der Waals surface area contributed by atoms with E-state index >= 15 is 0 Å². The van der Waals surface area contributed by atoms with Crippen LogP contribution in [0.3, 0.4) is 0 Å². The fourth-order valence-corrected chi connectivity index (χ4v) is 2.42. The van der Waals surface area contributed by atoms with Crippen molar-refractivity contribution in [2.45, 2.75) is 0 Å². The summed E-state index contributed by atoms with van der Waals surface area (Å²) in [5.74, 6) is 1.21. The number of sulfonamides is 1. The second kappa shape index (κ2) is 6.30. The Kier molecular flexibility index (Phi) is 5.29. The van der Waals surface area contributed by atoms with Crippen LogP contribution in [-0.4, -0.2) is 56.1 Å². The molecule has 2 N–H and O–H groups in total. The van der Waals surface area contributed by atoms with Crippen LogP contribution in [0.1, 0.15) is 0 Å². The van der Waals surface area contributed by atoms with Gasteiger partial charge in [0.15, 0.2) is 0 Å². The van der Waals surface area contributed by atoms with Crippen LogP contribution in [0.5, 0.6) is 0 Å². The van der Waals surface area contributed by atoms with Crippen molar-refractivity contribution in [3.05, 3.63) is 10.8 Å². The van der Waals surface area contributed by atoms with E-state index in [0.717, 1.165) is 0 Å². The molecule has 18 heavy (non-hydrogen) atoms. The maximum absolute atomic E-state index is 11.6. The van der Waals surface area contributed by atoms with Crippen molar-refractivity contribution in [3.8, 4) is 0 Å². The van der Waals surface area contributed by atoms with E-state index in [0.29, 0.717) is 16.1 Å². The molecule has 1 aromatic heterocycles. The molecule has 1 aromatic rings. The van der Waals surface area contributed by atoms with Crippen LogP contribution in [0, 0.1) is 0 Å². The second-order valence-corrected chi connectivity index (χ2v) is 6.76. The molecule has 0 aromatic carbocycles. The quantitative estimate of drug-likeness (QED) is 0.789. The van der Waals surface area contributed by atoms with Gasteiger partial charge in [-0.3, -0.25) is 0 Å². The van der Waals surface area contributed by atoms with Gasteiger partial charge >= 0.3 is 0 Å². The van der Waals surface area contributed by atoms with Crippen LogP contribution >= 0.6 is 15.9 Å². The third-order valence-electron chi connectivity index (χ3n) is 2.24. The van der Waals surface area contributed by atoms with Crippen LogP contribution in [-0.2, 0) is 10.0 Å². The van der Waals surface area contributed by atoms with E-state index in [2.05, 4.69) is 36.5 Å². The van der Waals surface area contributed by atoms with Gasteiger partial charge in [0.05, 0.1) is 5.75 Å². The van der Waals surface area contributed by atoms with E-state index < -0.39 is 10.0 Å². The van der Waals surface area contributed by atoms with Crippen molar-refractivity contribution in [2.75, 3.05) is 44.1 Å². The molecule has 0 amide bonds. The first-order valence-electron chi connectivity index (χ1n) is 5.21. The molecule has 0 radical (unpaired) electrons. The van der Waals surface area contributed by atoms with Crippen molar-refractivity contribution in [2.24, 2.45) is 0 Å². The Hall–Kier alpha value is -0.930. The molecule has 0 aliphatic heterocycles. The zero-order valence-electron chi connectivity index (χ0n) is 10.4. The molecule has 0 saturated heterocycles. The summed E-state index contributed by atoms with van der Waals surface area (Å²) in [6.45, 7) is 0.277. The third kappa shape index (κ3) is 3.79. The number of nitrogens with one attached hydrogen (secondary N) is 2. The Bertz CT molecular complexity index is 506. The minimum atomic E-state index is -3.20. The van der Waals surface area contributed by atoms with E-state index in [1.54, 1.807) is 7.05 Å². The first-order chi connectivity index (χ1) is 8.38. The third-order valence-corrected chi connectivity index (χ3v) is 4.82. The summed E-state index contributed by atoms with van der Waals surface area (Å²) in [5, 5.41) is 5.85. The number of nitrogens with zero attached hydrogens (tertiary/aromatic N) is 3. The summed E-state index contributed by atoms with van der Waals surface area (Å²) in [4.78, 5) is 8.04. The maximum Gasteiger partial charge on any atom is 0.215 e. The van der Waals surface area contributed by atoms with Crippen LogP contribution in [0.15, 0.2) is 10.8 Å². The van der Waals surface area contributed by atoms with Gasteiger partial charge in [-0.1, -0.05) is 0 Å². The molecule has 0 atom stereocenters. The predicted molar refractivity (Wildman–Crippen MR) is 75.2 cm³/mol. The van der Waals surface area contributed by atoms with Gasteiger partial charge in [0, 0.05) is 27.7 Å². The summed E-state index contributed by atoms with van der Waals surface area (Å²) >= 11 is 3.34. The standard InChI is InChI=1S/C9H16BrN5O2S/c1-11-8-7(10)9(14-6-13-8)12-4-5-18(16,17)15(2)3/h6H,4-5H2,1-3H3,(H2,11,12,13,14). The summed E-state index contributed by atoms with van der Waals surface area (Å²) in [7, 11) is 1.56. The lowest BCUT2D eigenvalue weighted by atomic mass is 10.5. The number of anilines is 2. The summed E-state index contributed by atoms with van der Waals surface area (Å²) in [6, 6.07) is 0. The molecule has 0 bridgehead atoms. The zero-order chi connectivity index (χ0) is 13.8. The van der Waals surface area contributed by atoms with Crippen LogP contribution < -0.4 is 10.6 Å². The van der Waals surface area contributed by atoms with Gasteiger partial charge in [-0.2, -0.15) is 0 Å². The van der Waals surface area contributed by atoms with Crippen molar-refractivity contribution in [1.29, 1.82) is 0 Å². The lowest BCUT2D eigenvalue weighted by Gasteiger charge is -2.13. The van der Waals surface area contributed by atoms with Crippen molar-refractivity contribution >= 4 is 37.6 Å². The molecular formula is C9H16BrN5O2S. The Labute approximate surface area is 115 Å². The molecule has 0 spiro atoms. The zero-order valence-corrected chi connectivity index (χ0v) is 12.8. The van der Waals surface area contributed by atoms with Gasteiger partial charge in [-0.05, 0) is 15.9 Å². The fraction of sp³-hybridized carbons (Fsp3) is 0.556. The molecule has 1 rings (SSSR count). The lowest BCUT2D eigenvalue weighted by molar-refractivity contribution is 0.521. The lowest BCUT2D eigenvalue weighted by Crippen LogP contribution is -2.28. The van der Waals surface area contributed by atoms with E-state index in [9.17, 15) is 8.42 Å². The highest BCUT2D eigenvalue weighted by atomic mass is 79.9. The topological polar surface area (TPSA) is 87.2 Å². The smallest absolute Gasteiger partial charge is 0.215 e. The number of hydrogen-bond donors (Lipinski definition) is 2. The number of halogens is 1. The van der Waals surface area contributed by atoms with Crippen LogP contribution in [0.4, 0.5) is 11.6 Å². The molecular weight excluding hydrogens is 322 g/mol. The van der Waals surface area contributed by atoms with Crippen LogP contribution in [0.2, 0.25) is 0 Å². The molecule has 0 aliphatic rings. The van der Waals surface area contributed by atoms with Crippen molar-refractivity contribution < 1.29 is 8.42 Å². The molecule has 7 nitrogen and oxygen atoms in total. The van der Waals surface area contributed by atoms with Gasteiger partial charge in [0.1, 0.15) is 22.4 Å². The summed E-state index contributed by atoms with van der Waals surface area (Å²) in [5.41, 5.74) is 0. The van der Waals surface area contributed by atoms with Gasteiger partial charge in [-0.15, -0.1) is 0 Å². The largest absolute Gasteiger partial charge is 0.372 e. The van der Waals surface area contributed by atoms with Crippen molar-refractivity contribution in [3.63, 3.8) is 0 Å². The minimum Gasteiger partial charge on any atom is -0.372 e. The molecule has 0 saturated carbocycles. The van der Waals surface area contributed by atoms with E-state index in [1.807, 2.05) is 0 Å². The van der Waals surface area contributed by atoms with E-state index in [1.165, 1.54) is 24.7 Å². The van der Waals surface area contributed by atoms with E-state index in [4.69, 9.17) is 0 Å². The molecule has 0 aliphatic carbocycles. The Balaban J connectivity index is 2.65. The summed E-state index contributed by atoms with van der Waals surface area (Å²) in [6.07, 6.45) is 1.40. The number of rotatable bonds is 6. The Morgan fingerprint density at radius 3 is 2.50 bits per heavy atom. The van der Waals surface area contributed by atoms with Gasteiger partial charge in [0.2, 0.25) is 10.0 Å². The van der Waals surface area contributed by atoms with Crippen LogP contribution in [0.25, 0.3) is 0 Å². The second-order valence-electron chi connectivity index (χ2n) is 3.66. The number of aromatic nitrogens is 2. The fourth-order valence-electron chi connectivity index (χ4n) is 1.15. The predicted octanol–water partition coefficient (Wildman–Crippen LogP) is 0.584. The number of hydrogen-bond acceptors (Lipinski definition) is 6. The van der Waals surface area contributed by atoms with E-state index in [-0.39, 0.29) is 12.3 Å². The summed E-state index contributed by atoms with van der Waals surface area (Å²) < 4.78 is 25.0. The van der Waals surface area contributed by atoms with Crippen molar-refractivity contribution in [1.82, 2.24) is 14.3 Å². The molecule has 9 heteroatoms. The molecule has 0 fully saturated rings. The molecule has 0 unspecified atom stereocenters. The average molecular weight is 338 g/mol. The SMILES string of the molecule is CNc1ncnc(NCCS(=O)(=O)N(C)C)c1Br. The molecule has 102 valence electrons. The highest BCUT2D eigenvalue weighted by Gasteiger charge is 2.14. The average Bonchev–Trinajstić information content (AvgIpc) is 2.31. The van der Waals surface area contributed by atoms with Gasteiger partial charge in [0.25, 0.3) is 0 Å². The minimum absolute atomic E-state index is 0.00529. The normalized spacial score (nSPS) is 11.6. The first-order valence-corrected chi connectivity index (χ1v) is 7.61.